The number of hydrogen-bond acceptors (Lipinski definition) is 4. The van der Waals surface area contributed by atoms with Gasteiger partial charge in [-0.3, -0.25) is 9.59 Å². The number of ketones is 1. The number of Topliss-reactive ketones (excluding diaryl/α,β-unsaturated/α-hetero) is 1. The van der Waals surface area contributed by atoms with Crippen LogP contribution in [-0.2, 0) is 10.0 Å². The molecule has 0 saturated carbocycles. The molecule has 0 unspecified atom stereocenters. The first-order valence-electron chi connectivity index (χ1n) is 8.01. The van der Waals surface area contributed by atoms with Crippen molar-refractivity contribution >= 4 is 26.7 Å². The van der Waals surface area contributed by atoms with E-state index in [4.69, 9.17) is 5.14 Å². The van der Waals surface area contributed by atoms with Gasteiger partial charge >= 0.3 is 0 Å². The average Bonchev–Trinajstić information content (AvgIpc) is 2.60. The van der Waals surface area contributed by atoms with Crippen LogP contribution in [0.2, 0.25) is 0 Å². The molecule has 1 aromatic heterocycles. The molecule has 0 fully saturated rings. The predicted molar refractivity (Wildman–Crippen MR) is 101 cm³/mol. The summed E-state index contributed by atoms with van der Waals surface area (Å²) < 4.78 is 22.9. The lowest BCUT2D eigenvalue weighted by molar-refractivity contribution is 0.0939. The molecule has 134 valence electrons. The number of aromatic amines is 1. The van der Waals surface area contributed by atoms with Crippen LogP contribution in [0, 0.1) is 5.92 Å². The summed E-state index contributed by atoms with van der Waals surface area (Å²) in [7, 11) is -3.89. The van der Waals surface area contributed by atoms with Crippen LogP contribution >= 0.6 is 0 Å². The zero-order valence-corrected chi connectivity index (χ0v) is 15.1. The summed E-state index contributed by atoms with van der Waals surface area (Å²) in [4.78, 5) is 27.6. The van der Waals surface area contributed by atoms with Crippen molar-refractivity contribution in [3.8, 4) is 11.3 Å². The number of benzene rings is 2. The molecule has 0 atom stereocenters. The fourth-order valence-corrected chi connectivity index (χ4v) is 3.27. The smallest absolute Gasteiger partial charge is 0.238 e. The largest absolute Gasteiger partial charge is 0.354 e. The quantitative estimate of drug-likeness (QED) is 0.688. The molecule has 3 N–H and O–H groups in total. The highest BCUT2D eigenvalue weighted by molar-refractivity contribution is 7.89. The SMILES string of the molecule is CC(C)C(=O)c1cccc(-c2cc(=O)c3cc(S(N)(=O)=O)ccc3[nH]2)c1. The van der Waals surface area contributed by atoms with Gasteiger partial charge < -0.3 is 4.98 Å². The topological polar surface area (TPSA) is 110 Å². The first kappa shape index (κ1) is 18.0. The van der Waals surface area contributed by atoms with Crippen LogP contribution in [0.15, 0.2) is 58.2 Å². The van der Waals surface area contributed by atoms with Crippen molar-refractivity contribution in [1.29, 1.82) is 0 Å². The number of rotatable bonds is 4. The number of nitrogens with two attached hydrogens (primary N) is 1. The van der Waals surface area contributed by atoms with Crippen LogP contribution in [0.4, 0.5) is 0 Å². The number of aromatic nitrogens is 1. The summed E-state index contributed by atoms with van der Waals surface area (Å²) in [6, 6.07) is 12.5. The number of carbonyl (C=O) groups excluding carboxylic acids is 1. The molecular weight excluding hydrogens is 352 g/mol. The zero-order chi connectivity index (χ0) is 19.1. The van der Waals surface area contributed by atoms with Crippen molar-refractivity contribution < 1.29 is 13.2 Å². The molecule has 0 radical (unpaired) electrons. The number of fused-ring (bicyclic) bond motifs is 1. The van der Waals surface area contributed by atoms with Gasteiger partial charge in [0.25, 0.3) is 0 Å². The third-order valence-electron chi connectivity index (χ3n) is 4.11. The Morgan fingerprint density at radius 2 is 1.81 bits per heavy atom. The Morgan fingerprint density at radius 1 is 1.08 bits per heavy atom. The van der Waals surface area contributed by atoms with Crippen molar-refractivity contribution in [2.45, 2.75) is 18.7 Å². The number of sulfonamides is 1. The molecular formula is C19H18N2O4S. The van der Waals surface area contributed by atoms with Crippen LogP contribution in [0.25, 0.3) is 22.2 Å². The lowest BCUT2D eigenvalue weighted by atomic mass is 9.98. The van der Waals surface area contributed by atoms with Gasteiger partial charge in [0.15, 0.2) is 11.2 Å². The maximum Gasteiger partial charge on any atom is 0.238 e. The molecule has 7 heteroatoms. The minimum atomic E-state index is -3.89. The third kappa shape index (κ3) is 3.44. The molecule has 3 aromatic rings. The van der Waals surface area contributed by atoms with E-state index < -0.39 is 10.0 Å². The number of primary sulfonamides is 1. The van der Waals surface area contributed by atoms with Gasteiger partial charge in [-0.1, -0.05) is 32.0 Å². The molecule has 26 heavy (non-hydrogen) atoms. The standard InChI is InChI=1S/C19H18N2O4S/c1-11(2)19(23)13-5-3-4-12(8-13)17-10-18(22)15-9-14(26(20,24)25)6-7-16(15)21-17/h3-11H,1-2H3,(H,21,22)(H2,20,24,25). The van der Waals surface area contributed by atoms with Crippen LogP contribution in [-0.4, -0.2) is 19.2 Å². The molecule has 6 nitrogen and oxygen atoms in total. The van der Waals surface area contributed by atoms with Gasteiger partial charge in [0.1, 0.15) is 0 Å². The fourth-order valence-electron chi connectivity index (χ4n) is 2.73. The van der Waals surface area contributed by atoms with E-state index >= 15 is 0 Å². The summed E-state index contributed by atoms with van der Waals surface area (Å²) in [5.74, 6) is -0.106. The highest BCUT2D eigenvalue weighted by atomic mass is 32.2. The Kier molecular flexibility index (Phi) is 4.52. The molecule has 2 aromatic carbocycles. The van der Waals surface area contributed by atoms with Gasteiger partial charge in [-0.2, -0.15) is 0 Å². The molecule has 0 spiro atoms. The van der Waals surface area contributed by atoms with Crippen molar-refractivity contribution in [3.05, 3.63) is 64.3 Å². The number of nitrogens with one attached hydrogen (secondary N) is 1. The lowest BCUT2D eigenvalue weighted by Crippen LogP contribution is -2.13. The normalized spacial score (nSPS) is 11.8. The van der Waals surface area contributed by atoms with E-state index in [-0.39, 0.29) is 27.4 Å². The van der Waals surface area contributed by atoms with Crippen LogP contribution in [0.1, 0.15) is 24.2 Å². The zero-order valence-electron chi connectivity index (χ0n) is 14.3. The molecule has 0 amide bonds. The van der Waals surface area contributed by atoms with Gasteiger partial charge in [0, 0.05) is 34.1 Å². The van der Waals surface area contributed by atoms with Gasteiger partial charge in [-0.15, -0.1) is 0 Å². The Hall–Kier alpha value is -2.77. The number of pyridine rings is 1. The first-order chi connectivity index (χ1) is 12.2. The Bertz CT molecular complexity index is 1180. The van der Waals surface area contributed by atoms with Gasteiger partial charge in [-0.05, 0) is 29.8 Å². The van der Waals surface area contributed by atoms with E-state index in [2.05, 4.69) is 4.98 Å². The van der Waals surface area contributed by atoms with Gasteiger partial charge in [0.05, 0.1) is 4.90 Å². The molecule has 0 aliphatic heterocycles. The van der Waals surface area contributed by atoms with E-state index in [1.54, 1.807) is 24.3 Å². The van der Waals surface area contributed by atoms with Crippen molar-refractivity contribution in [3.63, 3.8) is 0 Å². The van der Waals surface area contributed by atoms with Gasteiger partial charge in [-0.25, -0.2) is 13.6 Å². The molecule has 0 aliphatic rings. The number of hydrogen-bond donors (Lipinski definition) is 2. The molecule has 0 aliphatic carbocycles. The minimum Gasteiger partial charge on any atom is -0.354 e. The van der Waals surface area contributed by atoms with Crippen LogP contribution in [0.5, 0.6) is 0 Å². The predicted octanol–water partition coefficient (Wildman–Crippen LogP) is 2.68. The van der Waals surface area contributed by atoms with Gasteiger partial charge in [0.2, 0.25) is 10.0 Å². The Labute approximate surface area is 150 Å². The number of carbonyl (C=O) groups is 1. The highest BCUT2D eigenvalue weighted by Crippen LogP contribution is 2.22. The lowest BCUT2D eigenvalue weighted by Gasteiger charge is -2.09. The maximum absolute atomic E-state index is 12.5. The maximum atomic E-state index is 12.5. The monoisotopic (exact) mass is 370 g/mol. The Morgan fingerprint density at radius 3 is 2.46 bits per heavy atom. The summed E-state index contributed by atoms with van der Waals surface area (Å²) in [6.45, 7) is 3.66. The van der Waals surface area contributed by atoms with Crippen molar-refractivity contribution in [2.24, 2.45) is 11.1 Å². The van der Waals surface area contributed by atoms with E-state index in [1.807, 2.05) is 13.8 Å². The van der Waals surface area contributed by atoms with E-state index in [0.717, 1.165) is 0 Å². The first-order valence-corrected chi connectivity index (χ1v) is 9.56. The third-order valence-corrected chi connectivity index (χ3v) is 5.02. The second-order valence-corrected chi connectivity index (χ2v) is 7.96. The van der Waals surface area contributed by atoms with E-state index in [0.29, 0.717) is 22.3 Å². The summed E-state index contributed by atoms with van der Waals surface area (Å²) in [6.07, 6.45) is 0. The minimum absolute atomic E-state index is 0.0211. The van der Waals surface area contributed by atoms with Crippen LogP contribution < -0.4 is 10.6 Å². The van der Waals surface area contributed by atoms with Crippen LogP contribution in [0.3, 0.4) is 0 Å². The van der Waals surface area contributed by atoms with Crippen molar-refractivity contribution in [1.82, 2.24) is 4.98 Å². The second-order valence-electron chi connectivity index (χ2n) is 6.40. The van der Waals surface area contributed by atoms with E-state index in [1.165, 1.54) is 24.3 Å². The van der Waals surface area contributed by atoms with E-state index in [9.17, 15) is 18.0 Å². The summed E-state index contributed by atoms with van der Waals surface area (Å²) in [5, 5.41) is 5.35. The second kappa shape index (κ2) is 6.51. The molecule has 3 rings (SSSR count). The molecule has 0 bridgehead atoms. The van der Waals surface area contributed by atoms with Crippen molar-refractivity contribution in [2.75, 3.05) is 0 Å². The summed E-state index contributed by atoms with van der Waals surface area (Å²) in [5.41, 5.74) is 1.97. The number of H-pyrrole nitrogens is 1. The molecule has 1 heterocycles. The molecule has 0 saturated heterocycles. The highest BCUT2D eigenvalue weighted by Gasteiger charge is 2.13. The average molecular weight is 370 g/mol. The summed E-state index contributed by atoms with van der Waals surface area (Å²) >= 11 is 0. The fraction of sp³-hybridized carbons (Fsp3) is 0.158. The Balaban J connectivity index is 2.15.